The standard InChI is InChI=1S/C17H17ClF3N5O3/c18-13-11(24-9-16(15(22)28)3-5-29-6-4-16)8-25-26(14(13)27)12-2-1-10(7-23-12)17(19,20)21/h1-2,7-8,24H,3-6,9H2,(H2,22,28). The Kier molecular flexibility index (Phi) is 5.80. The molecule has 0 aromatic carbocycles. The van der Waals surface area contributed by atoms with E-state index in [4.69, 9.17) is 22.1 Å². The van der Waals surface area contributed by atoms with E-state index in [-0.39, 0.29) is 23.1 Å². The molecule has 0 unspecified atom stereocenters. The summed E-state index contributed by atoms with van der Waals surface area (Å²) in [4.78, 5) is 28.0. The minimum atomic E-state index is -4.55. The van der Waals surface area contributed by atoms with E-state index in [1.54, 1.807) is 0 Å². The number of nitrogens with two attached hydrogens (primary N) is 1. The minimum absolute atomic E-state index is 0.116. The topological polar surface area (TPSA) is 112 Å². The zero-order valence-corrected chi connectivity index (χ0v) is 15.8. The van der Waals surface area contributed by atoms with Gasteiger partial charge in [-0.25, -0.2) is 4.98 Å². The number of hydrogen-bond acceptors (Lipinski definition) is 6. The van der Waals surface area contributed by atoms with Crippen molar-refractivity contribution in [2.75, 3.05) is 25.1 Å². The van der Waals surface area contributed by atoms with Crippen LogP contribution < -0.4 is 16.6 Å². The van der Waals surface area contributed by atoms with Gasteiger partial charge in [0.25, 0.3) is 5.56 Å². The summed E-state index contributed by atoms with van der Waals surface area (Å²) in [5, 5.41) is 6.58. The van der Waals surface area contributed by atoms with Gasteiger partial charge in [-0.1, -0.05) is 11.6 Å². The number of rotatable bonds is 5. The zero-order chi connectivity index (χ0) is 21.2. The number of alkyl halides is 3. The third-order valence-corrected chi connectivity index (χ3v) is 5.17. The van der Waals surface area contributed by atoms with Gasteiger partial charge in [0.05, 0.1) is 22.9 Å². The Labute approximate surface area is 167 Å². The largest absolute Gasteiger partial charge is 0.417 e. The van der Waals surface area contributed by atoms with Gasteiger partial charge in [0.2, 0.25) is 5.91 Å². The van der Waals surface area contributed by atoms with Gasteiger partial charge in [0.1, 0.15) is 5.02 Å². The molecule has 0 atom stereocenters. The van der Waals surface area contributed by atoms with Crippen LogP contribution in [0.2, 0.25) is 5.02 Å². The molecule has 3 heterocycles. The first-order valence-electron chi connectivity index (χ1n) is 8.57. The number of ether oxygens (including phenoxy) is 1. The lowest BCUT2D eigenvalue weighted by molar-refractivity contribution is -0.137. The third kappa shape index (κ3) is 4.35. The summed E-state index contributed by atoms with van der Waals surface area (Å²) in [7, 11) is 0. The molecule has 1 aliphatic rings. The highest BCUT2D eigenvalue weighted by Gasteiger charge is 2.38. The number of aromatic nitrogens is 3. The minimum Gasteiger partial charge on any atom is -0.381 e. The average Bonchev–Trinajstić information content (AvgIpc) is 2.69. The van der Waals surface area contributed by atoms with Crippen LogP contribution in [-0.4, -0.2) is 40.4 Å². The van der Waals surface area contributed by atoms with Crippen LogP contribution in [0.3, 0.4) is 0 Å². The smallest absolute Gasteiger partial charge is 0.381 e. The summed E-state index contributed by atoms with van der Waals surface area (Å²) in [5.41, 5.74) is 3.15. The van der Waals surface area contributed by atoms with Crippen LogP contribution in [0.4, 0.5) is 18.9 Å². The lowest BCUT2D eigenvalue weighted by Crippen LogP contribution is -2.46. The van der Waals surface area contributed by atoms with E-state index in [9.17, 15) is 22.8 Å². The predicted molar refractivity (Wildman–Crippen MR) is 97.8 cm³/mol. The normalized spacial score (nSPS) is 16.4. The van der Waals surface area contributed by atoms with Gasteiger partial charge < -0.3 is 15.8 Å². The van der Waals surface area contributed by atoms with Crippen molar-refractivity contribution in [3.63, 3.8) is 0 Å². The summed E-state index contributed by atoms with van der Waals surface area (Å²) >= 11 is 6.11. The summed E-state index contributed by atoms with van der Waals surface area (Å²) < 4.78 is 44.0. The first kappa shape index (κ1) is 21.1. The Balaban J connectivity index is 1.82. The van der Waals surface area contributed by atoms with Crippen LogP contribution in [0.25, 0.3) is 5.82 Å². The number of nitrogens with one attached hydrogen (secondary N) is 1. The SMILES string of the molecule is NC(=O)C1(CNc2cnn(-c3ccc(C(F)(F)F)cn3)c(=O)c2Cl)CCOCC1. The van der Waals surface area contributed by atoms with Crippen molar-refractivity contribution in [3.05, 3.63) is 45.5 Å². The number of pyridine rings is 1. The lowest BCUT2D eigenvalue weighted by atomic mass is 9.79. The molecule has 1 amide bonds. The molecule has 1 fully saturated rings. The van der Waals surface area contributed by atoms with Gasteiger partial charge >= 0.3 is 6.18 Å². The van der Waals surface area contributed by atoms with E-state index in [1.807, 2.05) is 0 Å². The molecule has 2 aromatic rings. The molecule has 1 aliphatic heterocycles. The van der Waals surface area contributed by atoms with Crippen molar-refractivity contribution in [2.24, 2.45) is 11.1 Å². The molecule has 3 rings (SSSR count). The molecule has 0 radical (unpaired) electrons. The van der Waals surface area contributed by atoms with E-state index >= 15 is 0 Å². The first-order chi connectivity index (χ1) is 13.6. The summed E-state index contributed by atoms with van der Waals surface area (Å²) in [6.07, 6.45) is -1.86. The second kappa shape index (κ2) is 7.99. The monoisotopic (exact) mass is 431 g/mol. The van der Waals surface area contributed by atoms with Crippen LogP contribution in [0.15, 0.2) is 29.3 Å². The highest BCUT2D eigenvalue weighted by molar-refractivity contribution is 6.32. The molecule has 156 valence electrons. The number of carbonyl (C=O) groups excluding carboxylic acids is 1. The van der Waals surface area contributed by atoms with Crippen LogP contribution >= 0.6 is 11.6 Å². The van der Waals surface area contributed by atoms with Crippen LogP contribution in [0.5, 0.6) is 0 Å². The van der Waals surface area contributed by atoms with Gasteiger partial charge in [-0.05, 0) is 25.0 Å². The second-order valence-corrected chi connectivity index (χ2v) is 6.98. The van der Waals surface area contributed by atoms with E-state index in [0.717, 1.165) is 16.8 Å². The van der Waals surface area contributed by atoms with Gasteiger partial charge in [0, 0.05) is 26.0 Å². The zero-order valence-electron chi connectivity index (χ0n) is 15.0. The van der Waals surface area contributed by atoms with Gasteiger partial charge in [-0.3, -0.25) is 9.59 Å². The maximum atomic E-state index is 12.7. The molecule has 8 nitrogen and oxygen atoms in total. The van der Waals surface area contributed by atoms with Crippen molar-refractivity contribution in [2.45, 2.75) is 19.0 Å². The number of primary amides is 1. The van der Waals surface area contributed by atoms with Crippen molar-refractivity contribution in [3.8, 4) is 5.82 Å². The fraction of sp³-hybridized carbons (Fsp3) is 0.412. The Bertz CT molecular complexity index is 956. The van der Waals surface area contributed by atoms with Gasteiger partial charge in [-0.2, -0.15) is 23.0 Å². The van der Waals surface area contributed by atoms with E-state index in [2.05, 4.69) is 15.4 Å². The highest BCUT2D eigenvalue weighted by Crippen LogP contribution is 2.31. The molecule has 2 aromatic heterocycles. The summed E-state index contributed by atoms with van der Waals surface area (Å²) in [6.45, 7) is 0.907. The predicted octanol–water partition coefficient (Wildman–Crippen LogP) is 1.99. The number of amides is 1. The number of nitrogens with zero attached hydrogens (tertiary/aromatic N) is 3. The molecule has 12 heteroatoms. The number of carbonyl (C=O) groups is 1. The molecule has 0 spiro atoms. The Morgan fingerprint density at radius 1 is 1.31 bits per heavy atom. The van der Waals surface area contributed by atoms with Crippen molar-refractivity contribution < 1.29 is 22.7 Å². The Hall–Kier alpha value is -2.66. The lowest BCUT2D eigenvalue weighted by Gasteiger charge is -2.34. The van der Waals surface area contributed by atoms with Crippen LogP contribution in [0, 0.1) is 5.41 Å². The van der Waals surface area contributed by atoms with Crippen molar-refractivity contribution >= 4 is 23.2 Å². The van der Waals surface area contributed by atoms with Crippen molar-refractivity contribution in [1.82, 2.24) is 14.8 Å². The Morgan fingerprint density at radius 3 is 2.55 bits per heavy atom. The fourth-order valence-electron chi connectivity index (χ4n) is 2.94. The quantitative estimate of drug-likeness (QED) is 0.748. The van der Waals surface area contributed by atoms with Gasteiger partial charge in [-0.15, -0.1) is 0 Å². The third-order valence-electron chi connectivity index (χ3n) is 4.80. The Morgan fingerprint density at radius 2 is 2.00 bits per heavy atom. The fourth-order valence-corrected chi connectivity index (χ4v) is 3.13. The number of anilines is 1. The molecule has 1 saturated heterocycles. The van der Waals surface area contributed by atoms with E-state index in [1.165, 1.54) is 6.20 Å². The molecule has 29 heavy (non-hydrogen) atoms. The summed E-state index contributed by atoms with van der Waals surface area (Å²) in [6, 6.07) is 1.81. The number of hydrogen-bond donors (Lipinski definition) is 2. The average molecular weight is 432 g/mol. The molecule has 0 bridgehead atoms. The maximum absolute atomic E-state index is 12.7. The first-order valence-corrected chi connectivity index (χ1v) is 8.95. The molecule has 0 aliphatic carbocycles. The summed E-state index contributed by atoms with van der Waals surface area (Å²) in [5.74, 6) is -0.603. The van der Waals surface area contributed by atoms with E-state index < -0.39 is 28.6 Å². The molecule has 0 saturated carbocycles. The van der Waals surface area contributed by atoms with Crippen LogP contribution in [0.1, 0.15) is 18.4 Å². The van der Waals surface area contributed by atoms with Gasteiger partial charge in [0.15, 0.2) is 5.82 Å². The van der Waals surface area contributed by atoms with E-state index in [0.29, 0.717) is 32.3 Å². The van der Waals surface area contributed by atoms with Crippen LogP contribution in [-0.2, 0) is 15.7 Å². The maximum Gasteiger partial charge on any atom is 0.417 e. The molecular weight excluding hydrogens is 415 g/mol. The molecule has 3 N–H and O–H groups in total. The molecular formula is C17H17ClF3N5O3. The second-order valence-electron chi connectivity index (χ2n) is 6.60. The highest BCUT2D eigenvalue weighted by atomic mass is 35.5. The van der Waals surface area contributed by atoms with Crippen molar-refractivity contribution in [1.29, 1.82) is 0 Å². The number of halogens is 4.